The summed E-state index contributed by atoms with van der Waals surface area (Å²) in [5, 5.41) is 3.96. The van der Waals surface area contributed by atoms with Gasteiger partial charge in [0.2, 0.25) is 5.91 Å². The first-order valence-electron chi connectivity index (χ1n) is 8.35. The second-order valence-electron chi connectivity index (χ2n) is 6.64. The molecule has 2 heterocycles. The Morgan fingerprint density at radius 2 is 2.12 bits per heavy atom. The van der Waals surface area contributed by atoms with E-state index in [1.807, 2.05) is 42.1 Å². The number of aryl methyl sites for hydroxylation is 1. The quantitative estimate of drug-likeness (QED) is 0.926. The first kappa shape index (κ1) is 15.6. The molecular formula is C18H21N3O2S. The smallest absolute Gasteiger partial charge is 0.255 e. The lowest BCUT2D eigenvalue weighted by atomic mass is 10.1. The van der Waals surface area contributed by atoms with Gasteiger partial charge in [-0.15, -0.1) is 11.8 Å². The molecule has 0 radical (unpaired) electrons. The van der Waals surface area contributed by atoms with Gasteiger partial charge in [-0.25, -0.2) is 0 Å². The zero-order chi connectivity index (χ0) is 16.7. The number of rotatable bonds is 4. The molecule has 1 aromatic carbocycles. The Hall–Kier alpha value is -1.95. The lowest BCUT2D eigenvalue weighted by molar-refractivity contribution is -0.124. The summed E-state index contributed by atoms with van der Waals surface area (Å²) >= 11 is 1.64. The third kappa shape index (κ3) is 2.79. The second-order valence-corrected chi connectivity index (χ2v) is 7.64. The molecule has 2 fully saturated rings. The molecule has 5 nitrogen and oxygen atoms in total. The molecule has 126 valence electrons. The van der Waals surface area contributed by atoms with E-state index in [2.05, 4.69) is 5.32 Å². The normalized spacial score (nSPS) is 20.5. The molecule has 24 heavy (non-hydrogen) atoms. The highest BCUT2D eigenvalue weighted by molar-refractivity contribution is 7.99. The fraction of sp³-hybridized carbons (Fsp3) is 0.444. The molecule has 2 amide bonds. The van der Waals surface area contributed by atoms with Gasteiger partial charge in [-0.3, -0.25) is 9.59 Å². The van der Waals surface area contributed by atoms with Gasteiger partial charge in [0.15, 0.2) is 0 Å². The van der Waals surface area contributed by atoms with E-state index in [0.29, 0.717) is 23.1 Å². The topological polar surface area (TPSA) is 54.3 Å². The predicted octanol–water partition coefficient (Wildman–Crippen LogP) is 2.22. The second kappa shape index (κ2) is 6.16. The Kier molecular flexibility index (Phi) is 4.00. The summed E-state index contributed by atoms with van der Waals surface area (Å²) in [6, 6.07) is 7.37. The summed E-state index contributed by atoms with van der Waals surface area (Å²) in [5.41, 5.74) is 1.71. The average molecular weight is 343 g/mol. The van der Waals surface area contributed by atoms with Crippen molar-refractivity contribution in [2.75, 3.05) is 18.2 Å². The number of hydrogen-bond acceptors (Lipinski definition) is 3. The van der Waals surface area contributed by atoms with Crippen LogP contribution in [0.2, 0.25) is 0 Å². The molecule has 1 atom stereocenters. The van der Waals surface area contributed by atoms with E-state index in [1.165, 1.54) is 12.8 Å². The van der Waals surface area contributed by atoms with Crippen molar-refractivity contribution in [1.82, 2.24) is 14.8 Å². The summed E-state index contributed by atoms with van der Waals surface area (Å²) in [7, 11) is 1.97. The minimum absolute atomic E-state index is 0.0134. The van der Waals surface area contributed by atoms with Crippen LogP contribution in [0.25, 0.3) is 10.9 Å². The van der Waals surface area contributed by atoms with E-state index >= 15 is 0 Å². The van der Waals surface area contributed by atoms with E-state index in [4.69, 9.17) is 0 Å². The lowest BCUT2D eigenvalue weighted by Crippen LogP contribution is -2.47. The molecule has 2 aliphatic rings. The third-order valence-corrected chi connectivity index (χ3v) is 5.88. The van der Waals surface area contributed by atoms with E-state index in [9.17, 15) is 9.59 Å². The first-order valence-corrected chi connectivity index (χ1v) is 9.51. The molecule has 0 unspecified atom stereocenters. The maximum absolute atomic E-state index is 13.1. The third-order valence-electron chi connectivity index (χ3n) is 4.87. The molecular weight excluding hydrogens is 322 g/mol. The number of carbonyl (C=O) groups excluding carboxylic acids is 2. The first-order chi connectivity index (χ1) is 11.6. The van der Waals surface area contributed by atoms with Gasteiger partial charge in [-0.1, -0.05) is 6.07 Å². The van der Waals surface area contributed by atoms with Gasteiger partial charge >= 0.3 is 0 Å². The van der Waals surface area contributed by atoms with Crippen LogP contribution in [-0.4, -0.2) is 45.5 Å². The maximum Gasteiger partial charge on any atom is 0.255 e. The molecule has 1 N–H and O–H groups in total. The number of hydrogen-bond donors (Lipinski definition) is 1. The van der Waals surface area contributed by atoms with Gasteiger partial charge in [-0.2, -0.15) is 0 Å². The van der Waals surface area contributed by atoms with Gasteiger partial charge in [0.05, 0.1) is 5.88 Å². The Balaban J connectivity index is 1.56. The minimum Gasteiger partial charge on any atom is -0.354 e. The highest BCUT2D eigenvalue weighted by Gasteiger charge is 2.36. The summed E-state index contributed by atoms with van der Waals surface area (Å²) in [6.45, 7) is 0.746. The monoisotopic (exact) mass is 343 g/mol. The summed E-state index contributed by atoms with van der Waals surface area (Å²) in [5.74, 6) is 1.82. The van der Waals surface area contributed by atoms with Crippen molar-refractivity contribution < 1.29 is 9.59 Å². The van der Waals surface area contributed by atoms with Crippen molar-refractivity contribution in [3.8, 4) is 0 Å². The van der Waals surface area contributed by atoms with E-state index < -0.39 is 0 Å². The van der Waals surface area contributed by atoms with Gasteiger partial charge < -0.3 is 14.8 Å². The summed E-state index contributed by atoms with van der Waals surface area (Å²) in [6.07, 6.45) is 4.37. The number of benzene rings is 1. The number of nitrogens with one attached hydrogen (secondary N) is 1. The molecule has 1 aliphatic carbocycles. The number of amides is 2. The predicted molar refractivity (Wildman–Crippen MR) is 95.9 cm³/mol. The SMILES string of the molecule is Cn1ccc2c(C(=O)N3CSC[C@H]3C(=O)NCC3CC3)cccc21. The lowest BCUT2D eigenvalue weighted by Gasteiger charge is -2.23. The number of nitrogens with zero attached hydrogens (tertiary/aromatic N) is 2. The Morgan fingerprint density at radius 3 is 2.92 bits per heavy atom. The average Bonchev–Trinajstić information content (AvgIpc) is 3.15. The molecule has 4 rings (SSSR count). The molecule has 2 aromatic rings. The summed E-state index contributed by atoms with van der Waals surface area (Å²) in [4.78, 5) is 27.2. The van der Waals surface area contributed by atoms with Crippen molar-refractivity contribution in [1.29, 1.82) is 0 Å². The zero-order valence-corrected chi connectivity index (χ0v) is 14.5. The minimum atomic E-state index is -0.361. The molecule has 1 saturated heterocycles. The zero-order valence-electron chi connectivity index (χ0n) is 13.7. The Morgan fingerprint density at radius 1 is 1.29 bits per heavy atom. The van der Waals surface area contributed by atoms with Crippen LogP contribution >= 0.6 is 11.8 Å². The van der Waals surface area contributed by atoms with Crippen LogP contribution in [0.1, 0.15) is 23.2 Å². The molecule has 0 bridgehead atoms. The number of thioether (sulfide) groups is 1. The van der Waals surface area contributed by atoms with Crippen LogP contribution in [0, 0.1) is 5.92 Å². The molecule has 0 spiro atoms. The molecule has 1 aromatic heterocycles. The molecule has 1 saturated carbocycles. The van der Waals surface area contributed by atoms with Crippen molar-refractivity contribution >= 4 is 34.5 Å². The van der Waals surface area contributed by atoms with Crippen molar-refractivity contribution in [3.05, 3.63) is 36.0 Å². The molecule has 6 heteroatoms. The van der Waals surface area contributed by atoms with Crippen molar-refractivity contribution in [2.45, 2.75) is 18.9 Å². The van der Waals surface area contributed by atoms with Gasteiger partial charge in [0, 0.05) is 42.0 Å². The fourth-order valence-corrected chi connectivity index (χ4v) is 4.34. The van der Waals surface area contributed by atoms with E-state index in [-0.39, 0.29) is 17.9 Å². The largest absolute Gasteiger partial charge is 0.354 e. The van der Waals surface area contributed by atoms with Crippen LogP contribution in [-0.2, 0) is 11.8 Å². The van der Waals surface area contributed by atoms with E-state index in [0.717, 1.165) is 17.4 Å². The van der Waals surface area contributed by atoms with Crippen LogP contribution in [0.3, 0.4) is 0 Å². The van der Waals surface area contributed by atoms with Crippen LogP contribution in [0.4, 0.5) is 0 Å². The Bertz CT molecular complexity index is 797. The van der Waals surface area contributed by atoms with Gasteiger partial charge in [-0.05, 0) is 37.0 Å². The molecule has 1 aliphatic heterocycles. The van der Waals surface area contributed by atoms with Crippen LogP contribution < -0.4 is 5.32 Å². The van der Waals surface area contributed by atoms with Crippen LogP contribution in [0.15, 0.2) is 30.5 Å². The van der Waals surface area contributed by atoms with Crippen molar-refractivity contribution in [2.24, 2.45) is 13.0 Å². The highest BCUT2D eigenvalue weighted by Crippen LogP contribution is 2.29. The van der Waals surface area contributed by atoms with E-state index in [1.54, 1.807) is 16.7 Å². The number of fused-ring (bicyclic) bond motifs is 1. The Labute approximate surface area is 145 Å². The maximum atomic E-state index is 13.1. The van der Waals surface area contributed by atoms with Gasteiger partial charge in [0.25, 0.3) is 5.91 Å². The standard InChI is InChI=1S/C18H21N3O2S/c1-20-8-7-13-14(3-2-4-15(13)20)18(23)21-11-24-10-16(21)17(22)19-9-12-5-6-12/h2-4,7-8,12,16H,5-6,9-11H2,1H3,(H,19,22)/t16-/m0/s1. The van der Waals surface area contributed by atoms with Crippen molar-refractivity contribution in [3.63, 3.8) is 0 Å². The fourth-order valence-electron chi connectivity index (χ4n) is 3.19. The number of aromatic nitrogens is 1. The summed E-state index contributed by atoms with van der Waals surface area (Å²) < 4.78 is 2.00. The number of carbonyl (C=O) groups is 2. The highest BCUT2D eigenvalue weighted by atomic mass is 32.2. The van der Waals surface area contributed by atoms with Gasteiger partial charge in [0.1, 0.15) is 6.04 Å². The van der Waals surface area contributed by atoms with Crippen LogP contribution in [0.5, 0.6) is 0 Å².